The second-order valence-electron chi connectivity index (χ2n) is 22.4. The van der Waals surface area contributed by atoms with Crippen LogP contribution in [0, 0.1) is 11.8 Å². The molecular formula is C59H100O23S. The van der Waals surface area contributed by atoms with Gasteiger partial charge >= 0.3 is 10.4 Å². The van der Waals surface area contributed by atoms with Gasteiger partial charge in [0.25, 0.3) is 0 Å². The molecular weight excluding hydrogens is 1110 g/mol. The minimum Gasteiger partial charge on any atom is -0.394 e. The second kappa shape index (κ2) is 39.7. The van der Waals surface area contributed by atoms with Crippen molar-refractivity contribution in [1.82, 2.24) is 0 Å². The van der Waals surface area contributed by atoms with Gasteiger partial charge in [-0.25, -0.2) is 4.18 Å². The van der Waals surface area contributed by atoms with Crippen molar-refractivity contribution in [2.24, 2.45) is 11.8 Å². The van der Waals surface area contributed by atoms with Gasteiger partial charge in [-0.15, -0.1) is 6.58 Å². The SMILES string of the molecule is C=CCCC=CC=CC=CCCC=CC(O)C(O)C1OC(C(O)C(O)C(=C)CCC(O)C2CC(O)C(O)C(C(O)C(O)C=C(C)CCC(O)CC(O)C(O)C(C)CC(O)C(O)CC(C)CCC=CCC(CO)OS(=O)(=O)O)O2)CC(O)C1O. The summed E-state index contributed by atoms with van der Waals surface area (Å²) in [7, 11) is -4.72. The summed E-state index contributed by atoms with van der Waals surface area (Å²) in [5.41, 5.74) is 0.467. The number of hydrogen-bond donors (Lipinski definition) is 18. The van der Waals surface area contributed by atoms with Gasteiger partial charge in [-0.2, -0.15) is 8.42 Å². The molecule has 0 bridgehead atoms. The van der Waals surface area contributed by atoms with E-state index < -0.39 is 151 Å². The fourth-order valence-electron chi connectivity index (χ4n) is 9.85. The van der Waals surface area contributed by atoms with Gasteiger partial charge in [-0.05, 0) is 108 Å². The van der Waals surface area contributed by atoms with E-state index >= 15 is 0 Å². The maximum absolute atomic E-state index is 11.2. The number of unbranched alkanes of at least 4 members (excludes halogenated alkanes) is 2. The first-order valence-electron chi connectivity index (χ1n) is 28.7. The summed E-state index contributed by atoms with van der Waals surface area (Å²) < 4.78 is 46.4. The Morgan fingerprint density at radius 1 is 0.639 bits per heavy atom. The van der Waals surface area contributed by atoms with Crippen LogP contribution < -0.4 is 0 Å². The van der Waals surface area contributed by atoms with Gasteiger partial charge in [0.15, 0.2) is 0 Å². The Labute approximate surface area is 489 Å². The summed E-state index contributed by atoms with van der Waals surface area (Å²) in [6.07, 6.45) is -7.11. The van der Waals surface area contributed by atoms with Crippen molar-refractivity contribution in [2.45, 2.75) is 252 Å². The monoisotopic (exact) mass is 1210 g/mol. The van der Waals surface area contributed by atoms with Crippen LogP contribution in [0.25, 0.3) is 0 Å². The molecule has 23 atom stereocenters. The number of hydrogen-bond acceptors (Lipinski definition) is 22. The molecule has 0 aromatic carbocycles. The highest BCUT2D eigenvalue weighted by molar-refractivity contribution is 7.80. The van der Waals surface area contributed by atoms with E-state index in [0.717, 1.165) is 12.8 Å². The maximum atomic E-state index is 11.2. The van der Waals surface area contributed by atoms with Crippen LogP contribution in [0.3, 0.4) is 0 Å². The van der Waals surface area contributed by atoms with Crippen LogP contribution in [0.2, 0.25) is 0 Å². The number of rotatable bonds is 41. The molecule has 0 radical (unpaired) electrons. The van der Waals surface area contributed by atoms with Crippen molar-refractivity contribution in [3.05, 3.63) is 97.2 Å². The van der Waals surface area contributed by atoms with Crippen LogP contribution >= 0.6 is 0 Å². The number of ether oxygens (including phenoxy) is 2. The van der Waals surface area contributed by atoms with Crippen LogP contribution in [0.15, 0.2) is 97.2 Å². The van der Waals surface area contributed by atoms with E-state index in [1.807, 2.05) is 49.5 Å². The fourth-order valence-corrected chi connectivity index (χ4v) is 10.3. The zero-order valence-electron chi connectivity index (χ0n) is 48.1. The zero-order chi connectivity index (χ0) is 62.6. The van der Waals surface area contributed by atoms with Crippen molar-refractivity contribution in [1.29, 1.82) is 0 Å². The first-order chi connectivity index (χ1) is 39.0. The van der Waals surface area contributed by atoms with Crippen molar-refractivity contribution in [3.63, 3.8) is 0 Å². The highest BCUT2D eigenvalue weighted by Gasteiger charge is 2.47. The molecule has 83 heavy (non-hydrogen) atoms. The predicted octanol–water partition coefficient (Wildman–Crippen LogP) is 0.459. The van der Waals surface area contributed by atoms with Gasteiger partial charge in [0, 0.05) is 19.3 Å². The molecule has 2 saturated heterocycles. The third kappa shape index (κ3) is 28.6. The average Bonchev–Trinajstić information content (AvgIpc) is 3.44. The first kappa shape index (κ1) is 76.1. The van der Waals surface area contributed by atoms with Gasteiger partial charge in [-0.1, -0.05) is 98.9 Å². The van der Waals surface area contributed by atoms with E-state index in [0.29, 0.717) is 31.3 Å². The van der Waals surface area contributed by atoms with Crippen LogP contribution in [-0.2, 0) is 24.1 Å². The standard InChI is InChI=1S/C59H100O23S/c1-6-7-8-9-10-11-12-13-14-15-16-20-23-42(63)53(72)58-56(75)48(69)33-50(81-58)57(76)52(71)37(4)25-27-41(62)49-32-47(68)55(74)59(80-49)54(73)45(66)29-36(3)24-26-39(61)31-46(67)51(70)38(5)30-44(65)43(64)28-35(2)21-18-17-19-22-40(34-60)82-83(77,78)79/h6,9-14,17,19-20,23,29,35,38-76H,1,4,7-8,15-16,18,21-22,24-28,30-34H2,2-3,5H3,(H,77,78,79). The van der Waals surface area contributed by atoms with Crippen LogP contribution in [-0.4, -0.2) is 235 Å². The molecule has 480 valence electrons. The summed E-state index contributed by atoms with van der Waals surface area (Å²) in [5.74, 6) is -0.765. The summed E-state index contributed by atoms with van der Waals surface area (Å²) in [4.78, 5) is 0. The molecule has 0 aromatic heterocycles. The molecule has 24 heteroatoms. The van der Waals surface area contributed by atoms with Crippen molar-refractivity contribution >= 4 is 10.4 Å². The number of allylic oxidation sites excluding steroid dienone is 10. The Hall–Kier alpha value is -2.97. The third-order valence-electron chi connectivity index (χ3n) is 15.1. The molecule has 18 N–H and O–H groups in total. The number of aliphatic hydroxyl groups is 17. The molecule has 23 nitrogen and oxygen atoms in total. The van der Waals surface area contributed by atoms with E-state index in [4.69, 9.17) is 14.0 Å². The largest absolute Gasteiger partial charge is 0.397 e. The smallest absolute Gasteiger partial charge is 0.394 e. The van der Waals surface area contributed by atoms with E-state index in [2.05, 4.69) is 17.3 Å². The minimum atomic E-state index is -4.72. The topological polar surface area (TPSA) is 426 Å². The van der Waals surface area contributed by atoms with Gasteiger partial charge in [-0.3, -0.25) is 4.55 Å². The van der Waals surface area contributed by atoms with Crippen molar-refractivity contribution in [3.8, 4) is 0 Å². The molecule has 0 amide bonds. The number of aliphatic hydroxyl groups excluding tert-OH is 17. The van der Waals surface area contributed by atoms with E-state index in [-0.39, 0.29) is 75.7 Å². The Morgan fingerprint density at radius 2 is 1.19 bits per heavy atom. The van der Waals surface area contributed by atoms with Crippen LogP contribution in [0.4, 0.5) is 0 Å². The summed E-state index contributed by atoms with van der Waals surface area (Å²) >= 11 is 0. The lowest BCUT2D eigenvalue weighted by atomic mass is 9.86. The molecule has 0 spiro atoms. The van der Waals surface area contributed by atoms with Gasteiger partial charge in [0.05, 0.1) is 67.6 Å². The van der Waals surface area contributed by atoms with Gasteiger partial charge in [0.2, 0.25) is 0 Å². The lowest BCUT2D eigenvalue weighted by Gasteiger charge is -2.42. The summed E-state index contributed by atoms with van der Waals surface area (Å²) in [5, 5.41) is 183. The van der Waals surface area contributed by atoms with Crippen molar-refractivity contribution in [2.75, 3.05) is 6.61 Å². The Morgan fingerprint density at radius 3 is 1.78 bits per heavy atom. The molecule has 2 rings (SSSR count). The Balaban J connectivity index is 1.86. The lowest BCUT2D eigenvalue weighted by molar-refractivity contribution is -0.234. The highest BCUT2D eigenvalue weighted by atomic mass is 32.3. The van der Waals surface area contributed by atoms with Crippen LogP contribution in [0.1, 0.15) is 124 Å². The fraction of sp³-hybridized carbons (Fsp3) is 0.729. The van der Waals surface area contributed by atoms with Crippen LogP contribution in [0.5, 0.6) is 0 Å². The zero-order valence-corrected chi connectivity index (χ0v) is 49.0. The molecule has 0 aromatic rings. The van der Waals surface area contributed by atoms with Gasteiger partial charge in [0.1, 0.15) is 67.1 Å². The van der Waals surface area contributed by atoms with E-state index in [9.17, 15) is 95.2 Å². The maximum Gasteiger partial charge on any atom is 0.397 e. The Kier molecular flexibility index (Phi) is 36.5. The summed E-state index contributed by atoms with van der Waals surface area (Å²) in [6.45, 7) is 11.9. The average molecular weight is 1210 g/mol. The quantitative estimate of drug-likeness (QED) is 0.0171. The highest BCUT2D eigenvalue weighted by Crippen LogP contribution is 2.32. The predicted molar refractivity (Wildman–Crippen MR) is 308 cm³/mol. The third-order valence-corrected chi connectivity index (χ3v) is 15.6. The second-order valence-corrected chi connectivity index (χ2v) is 23.5. The summed E-state index contributed by atoms with van der Waals surface area (Å²) in [6, 6.07) is 0. The molecule has 0 aliphatic carbocycles. The van der Waals surface area contributed by atoms with Gasteiger partial charge < -0.3 is 96.3 Å². The lowest BCUT2D eigenvalue weighted by Crippen LogP contribution is -2.59. The first-order valence-corrected chi connectivity index (χ1v) is 30.1. The normalized spacial score (nSPS) is 27.9. The molecule has 2 aliphatic heterocycles. The van der Waals surface area contributed by atoms with Crippen molar-refractivity contribution < 1.29 is 113 Å². The molecule has 2 heterocycles. The minimum absolute atomic E-state index is 0.00170. The molecule has 23 unspecified atom stereocenters. The molecule has 0 saturated carbocycles. The Bertz CT molecular complexity index is 2120. The van der Waals surface area contributed by atoms with E-state index in [1.165, 1.54) is 12.2 Å². The van der Waals surface area contributed by atoms with E-state index in [1.54, 1.807) is 32.1 Å². The molecule has 2 aliphatic rings. The molecule has 2 fully saturated rings.